The molecule has 0 saturated carbocycles. The molecule has 2 amide bonds. The molecule has 0 spiro atoms. The normalized spacial score (nSPS) is 18.9. The number of ether oxygens (including phenoxy) is 4. The van der Waals surface area contributed by atoms with Gasteiger partial charge in [-0.3, -0.25) is 14.6 Å². The van der Waals surface area contributed by atoms with Crippen molar-refractivity contribution in [3.05, 3.63) is 77.9 Å². The number of rotatable bonds is 10. The summed E-state index contributed by atoms with van der Waals surface area (Å²) in [4.78, 5) is 57.9. The van der Waals surface area contributed by atoms with Gasteiger partial charge in [0.15, 0.2) is 0 Å². The molecule has 0 bridgehead atoms. The Morgan fingerprint density at radius 1 is 0.882 bits per heavy atom. The standard InChI is InChI=1S/C40H51N3O8/c1-7-48-36(44)25-29-18-20-31(21-19-29)41-24-22-32(26-41)43(27(2)33-16-12-14-30-13-8-9-15-34(30)33)39(47)50-28(3)49-37(45)35-17-10-11-23-42(35)38(46)51-40(4,5)6/h8-9,12-16,18-21,27-28,32,35H,7,10-11,17,22-26H2,1-6H3/t27-,28?,32+,35+/m1/s1. The zero-order valence-electron chi connectivity index (χ0n) is 30.6. The number of likely N-dealkylation sites (tertiary alicyclic amines) is 1. The number of benzene rings is 3. The largest absolute Gasteiger partial charge is 0.466 e. The fourth-order valence-corrected chi connectivity index (χ4v) is 6.98. The van der Waals surface area contributed by atoms with Crippen LogP contribution in [0, 0.1) is 0 Å². The number of amides is 2. The van der Waals surface area contributed by atoms with Gasteiger partial charge in [0, 0.05) is 32.2 Å². The Morgan fingerprint density at radius 2 is 1.61 bits per heavy atom. The van der Waals surface area contributed by atoms with Gasteiger partial charge < -0.3 is 23.8 Å². The molecule has 0 aliphatic carbocycles. The lowest BCUT2D eigenvalue weighted by atomic mass is 9.97. The molecule has 51 heavy (non-hydrogen) atoms. The van der Waals surface area contributed by atoms with Crippen molar-refractivity contribution in [2.24, 2.45) is 0 Å². The maximum atomic E-state index is 14.2. The third-order valence-electron chi connectivity index (χ3n) is 9.37. The van der Waals surface area contributed by atoms with Crippen LogP contribution in [0.1, 0.15) is 84.4 Å². The van der Waals surface area contributed by atoms with Crippen molar-refractivity contribution >= 4 is 40.6 Å². The quantitative estimate of drug-likeness (QED) is 0.121. The molecule has 274 valence electrons. The third kappa shape index (κ3) is 9.51. The minimum Gasteiger partial charge on any atom is -0.466 e. The van der Waals surface area contributed by atoms with Crippen LogP contribution in [0.3, 0.4) is 0 Å². The van der Waals surface area contributed by atoms with E-state index in [-0.39, 0.29) is 24.5 Å². The van der Waals surface area contributed by atoms with E-state index in [0.29, 0.717) is 39.1 Å². The summed E-state index contributed by atoms with van der Waals surface area (Å²) in [5.74, 6) is -0.893. The summed E-state index contributed by atoms with van der Waals surface area (Å²) in [6.07, 6.45) is 0.491. The number of anilines is 1. The summed E-state index contributed by atoms with van der Waals surface area (Å²) >= 11 is 0. The van der Waals surface area contributed by atoms with Gasteiger partial charge in [-0.2, -0.15) is 0 Å². The van der Waals surface area contributed by atoms with Gasteiger partial charge in [0.2, 0.25) is 6.29 Å². The second-order valence-electron chi connectivity index (χ2n) is 14.3. The molecular weight excluding hydrogens is 650 g/mol. The number of carbonyl (C=O) groups excluding carboxylic acids is 4. The smallest absolute Gasteiger partial charge is 0.413 e. The van der Waals surface area contributed by atoms with Crippen molar-refractivity contribution in [1.82, 2.24) is 9.80 Å². The zero-order chi connectivity index (χ0) is 36.7. The lowest BCUT2D eigenvalue weighted by Gasteiger charge is -2.36. The number of carbonyl (C=O) groups is 4. The lowest BCUT2D eigenvalue weighted by molar-refractivity contribution is -0.173. The van der Waals surface area contributed by atoms with Gasteiger partial charge in [-0.25, -0.2) is 14.4 Å². The molecule has 2 aliphatic rings. The molecule has 3 aromatic carbocycles. The number of fused-ring (bicyclic) bond motifs is 1. The first kappa shape index (κ1) is 37.5. The first-order valence-corrected chi connectivity index (χ1v) is 18.0. The van der Waals surface area contributed by atoms with Crippen molar-refractivity contribution in [3.8, 4) is 0 Å². The molecule has 1 unspecified atom stereocenters. The highest BCUT2D eigenvalue weighted by Crippen LogP contribution is 2.34. The molecule has 11 heteroatoms. The van der Waals surface area contributed by atoms with Gasteiger partial charge in [0.1, 0.15) is 11.6 Å². The van der Waals surface area contributed by atoms with E-state index in [1.807, 2.05) is 67.6 Å². The first-order chi connectivity index (χ1) is 24.3. The summed E-state index contributed by atoms with van der Waals surface area (Å²) in [5, 5.41) is 2.10. The number of nitrogens with zero attached hydrogens (tertiary/aromatic N) is 3. The van der Waals surface area contributed by atoms with Gasteiger partial charge >= 0.3 is 24.1 Å². The highest BCUT2D eigenvalue weighted by atomic mass is 16.7. The highest BCUT2D eigenvalue weighted by Gasteiger charge is 2.39. The van der Waals surface area contributed by atoms with Crippen LogP contribution in [-0.4, -0.2) is 84.1 Å². The Bertz CT molecular complexity index is 1680. The van der Waals surface area contributed by atoms with Crippen LogP contribution in [0.15, 0.2) is 66.7 Å². The average molecular weight is 702 g/mol. The predicted octanol–water partition coefficient (Wildman–Crippen LogP) is 7.40. The maximum absolute atomic E-state index is 14.2. The molecule has 2 saturated heterocycles. The van der Waals surface area contributed by atoms with Crippen LogP contribution in [0.25, 0.3) is 10.8 Å². The molecule has 0 N–H and O–H groups in total. The van der Waals surface area contributed by atoms with E-state index in [9.17, 15) is 19.2 Å². The third-order valence-corrected chi connectivity index (χ3v) is 9.37. The Hall–Kier alpha value is -4.80. The van der Waals surface area contributed by atoms with E-state index in [2.05, 4.69) is 11.0 Å². The van der Waals surface area contributed by atoms with E-state index >= 15 is 0 Å². The van der Waals surface area contributed by atoms with Gasteiger partial charge in [0.05, 0.1) is 25.1 Å². The lowest BCUT2D eigenvalue weighted by Crippen LogP contribution is -2.51. The summed E-state index contributed by atoms with van der Waals surface area (Å²) in [5.41, 5.74) is 2.13. The van der Waals surface area contributed by atoms with Crippen molar-refractivity contribution in [2.45, 2.75) is 104 Å². The van der Waals surface area contributed by atoms with E-state index in [1.165, 1.54) is 11.8 Å². The maximum Gasteiger partial charge on any atom is 0.413 e. The molecule has 2 heterocycles. The molecule has 0 radical (unpaired) electrons. The second-order valence-corrected chi connectivity index (χ2v) is 14.3. The van der Waals surface area contributed by atoms with Gasteiger partial charge in [-0.05, 0) is 94.3 Å². The number of hydrogen-bond donors (Lipinski definition) is 0. The SMILES string of the molecule is CCOC(=O)Cc1ccc(N2CC[C@H](N(C(=O)OC(C)OC(=O)[C@@H]3CCCCN3C(=O)OC(C)(C)C)[C@H](C)c3cccc4ccccc34)C2)cc1. The summed E-state index contributed by atoms with van der Waals surface area (Å²) in [6, 6.07) is 20.5. The molecule has 11 nitrogen and oxygen atoms in total. The zero-order valence-corrected chi connectivity index (χ0v) is 30.6. The Morgan fingerprint density at radius 3 is 2.33 bits per heavy atom. The Labute approximate surface area is 300 Å². The van der Waals surface area contributed by atoms with Gasteiger partial charge in [-0.15, -0.1) is 0 Å². The van der Waals surface area contributed by atoms with Crippen LogP contribution < -0.4 is 4.90 Å². The molecule has 2 aliphatic heterocycles. The van der Waals surface area contributed by atoms with Crippen molar-refractivity contribution in [1.29, 1.82) is 0 Å². The fraction of sp³-hybridized carbons (Fsp3) is 0.500. The van der Waals surface area contributed by atoms with Gasteiger partial charge in [-0.1, -0.05) is 54.6 Å². The molecule has 4 atom stereocenters. The Kier molecular flexibility index (Phi) is 12.1. The van der Waals surface area contributed by atoms with Crippen molar-refractivity contribution in [3.63, 3.8) is 0 Å². The van der Waals surface area contributed by atoms with Crippen molar-refractivity contribution in [2.75, 3.05) is 31.1 Å². The average Bonchev–Trinajstić information content (AvgIpc) is 3.57. The second kappa shape index (κ2) is 16.5. The van der Waals surface area contributed by atoms with E-state index in [4.69, 9.17) is 18.9 Å². The van der Waals surface area contributed by atoms with E-state index in [0.717, 1.165) is 40.4 Å². The molecular formula is C40H51N3O8. The monoisotopic (exact) mass is 701 g/mol. The topological polar surface area (TPSA) is 115 Å². The summed E-state index contributed by atoms with van der Waals surface area (Å²) in [7, 11) is 0. The minimum atomic E-state index is -1.20. The molecule has 2 fully saturated rings. The Balaban J connectivity index is 1.32. The van der Waals surface area contributed by atoms with Crippen LogP contribution >= 0.6 is 0 Å². The van der Waals surface area contributed by atoms with E-state index in [1.54, 1.807) is 32.6 Å². The first-order valence-electron chi connectivity index (χ1n) is 18.0. The van der Waals surface area contributed by atoms with Crippen LogP contribution in [0.5, 0.6) is 0 Å². The number of esters is 2. The molecule has 5 rings (SSSR count). The highest BCUT2D eigenvalue weighted by molar-refractivity contribution is 5.86. The summed E-state index contributed by atoms with van der Waals surface area (Å²) < 4.78 is 22.2. The fourth-order valence-electron chi connectivity index (χ4n) is 6.98. The predicted molar refractivity (Wildman–Crippen MR) is 194 cm³/mol. The molecule has 0 aromatic heterocycles. The van der Waals surface area contributed by atoms with E-state index < -0.39 is 36.1 Å². The van der Waals surface area contributed by atoms with Crippen LogP contribution in [-0.2, 0) is 35.0 Å². The number of hydrogen-bond acceptors (Lipinski definition) is 9. The van der Waals surface area contributed by atoms with Crippen LogP contribution in [0.4, 0.5) is 15.3 Å². The summed E-state index contributed by atoms with van der Waals surface area (Å²) in [6.45, 7) is 12.6. The van der Waals surface area contributed by atoms with Crippen molar-refractivity contribution < 1.29 is 38.1 Å². The minimum absolute atomic E-state index is 0.210. The van der Waals surface area contributed by atoms with Gasteiger partial charge in [0.25, 0.3) is 0 Å². The molecule has 3 aromatic rings. The number of piperidine rings is 1. The van der Waals surface area contributed by atoms with Crippen LogP contribution in [0.2, 0.25) is 0 Å².